The van der Waals surface area contributed by atoms with Crippen molar-refractivity contribution in [3.05, 3.63) is 29.3 Å². The number of alkyl halides is 1. The molecule has 0 bridgehead atoms. The smallest absolute Gasteiger partial charge is 0.207 e. The van der Waals surface area contributed by atoms with Crippen LogP contribution in [-0.2, 0) is 22.3 Å². The summed E-state index contributed by atoms with van der Waals surface area (Å²) in [4.78, 5) is 0.427. The maximum absolute atomic E-state index is 12.9. The Kier molecular flexibility index (Phi) is 4.47. The maximum atomic E-state index is 12.9. The zero-order valence-electron chi connectivity index (χ0n) is 12.3. The lowest BCUT2D eigenvalue weighted by molar-refractivity contribution is 0.375. The molecule has 3 nitrogen and oxygen atoms in total. The Morgan fingerprint density at radius 2 is 2.05 bits per heavy atom. The third-order valence-electron chi connectivity index (χ3n) is 3.93. The first-order valence-electron chi connectivity index (χ1n) is 6.98. The van der Waals surface area contributed by atoms with E-state index in [1.54, 1.807) is 10.4 Å². The van der Waals surface area contributed by atoms with E-state index in [0.717, 1.165) is 17.5 Å². The molecule has 5 heteroatoms. The van der Waals surface area contributed by atoms with Crippen LogP contribution in [-0.4, -0.2) is 25.8 Å². The molecule has 112 valence electrons. The second-order valence-corrected chi connectivity index (χ2v) is 8.36. The molecule has 0 spiro atoms. The first-order chi connectivity index (χ1) is 9.30. The number of halogens is 1. The Morgan fingerprint density at radius 3 is 2.55 bits per heavy atom. The maximum Gasteiger partial charge on any atom is 0.243 e. The van der Waals surface area contributed by atoms with Crippen LogP contribution < -0.4 is 0 Å². The van der Waals surface area contributed by atoms with Crippen molar-refractivity contribution in [3.63, 3.8) is 0 Å². The topological polar surface area (TPSA) is 37.4 Å². The molecule has 0 aliphatic carbocycles. The average molecular weight is 316 g/mol. The quantitative estimate of drug-likeness (QED) is 0.798. The summed E-state index contributed by atoms with van der Waals surface area (Å²) in [7, 11) is -3.41. The third kappa shape index (κ3) is 3.02. The molecule has 1 saturated heterocycles. The van der Waals surface area contributed by atoms with Crippen molar-refractivity contribution >= 4 is 21.6 Å². The Hall–Kier alpha value is -0.580. The number of benzene rings is 1. The highest BCUT2D eigenvalue weighted by Gasteiger charge is 2.37. The molecule has 1 aliphatic rings. The molecule has 20 heavy (non-hydrogen) atoms. The molecule has 0 atom stereocenters. The van der Waals surface area contributed by atoms with E-state index in [9.17, 15) is 8.42 Å². The lowest BCUT2D eigenvalue weighted by Gasteiger charge is -2.21. The van der Waals surface area contributed by atoms with Crippen LogP contribution in [0.5, 0.6) is 0 Å². The number of aryl methyl sites for hydroxylation is 1. The molecular weight excluding hydrogens is 294 g/mol. The van der Waals surface area contributed by atoms with Crippen LogP contribution in [0.2, 0.25) is 0 Å². The Bertz CT molecular complexity index is 596. The van der Waals surface area contributed by atoms with E-state index >= 15 is 0 Å². The Morgan fingerprint density at radius 1 is 1.35 bits per heavy atom. The lowest BCUT2D eigenvalue weighted by Crippen LogP contribution is -2.31. The van der Waals surface area contributed by atoms with Gasteiger partial charge in [0.1, 0.15) is 0 Å². The van der Waals surface area contributed by atoms with Gasteiger partial charge in [0.15, 0.2) is 0 Å². The Balaban J connectivity index is 2.44. The molecule has 0 unspecified atom stereocenters. The van der Waals surface area contributed by atoms with Gasteiger partial charge in [-0.2, -0.15) is 4.31 Å². The minimum Gasteiger partial charge on any atom is -0.207 e. The first-order valence-corrected chi connectivity index (χ1v) is 8.95. The van der Waals surface area contributed by atoms with Gasteiger partial charge in [-0.05, 0) is 35.4 Å². The number of rotatable bonds is 4. The van der Waals surface area contributed by atoms with Gasteiger partial charge in [0.05, 0.1) is 4.90 Å². The predicted molar refractivity (Wildman–Crippen MR) is 82.5 cm³/mol. The summed E-state index contributed by atoms with van der Waals surface area (Å²) >= 11 is 5.84. The highest BCUT2D eigenvalue weighted by atomic mass is 35.5. The molecule has 0 N–H and O–H groups in total. The van der Waals surface area contributed by atoms with Gasteiger partial charge in [-0.3, -0.25) is 0 Å². The number of hydrogen-bond donors (Lipinski definition) is 0. The molecule has 1 heterocycles. The summed E-state index contributed by atoms with van der Waals surface area (Å²) < 4.78 is 27.3. The van der Waals surface area contributed by atoms with Crippen molar-refractivity contribution in [1.29, 1.82) is 0 Å². The molecule has 0 radical (unpaired) electrons. The fourth-order valence-corrected chi connectivity index (χ4v) is 4.76. The van der Waals surface area contributed by atoms with E-state index in [1.807, 2.05) is 19.1 Å². The normalized spacial score (nSPS) is 19.4. The standard InChI is InChI=1S/C15H22ClNO2S/c1-4-13-6-5-12(10-16)9-14(13)20(18,19)17-8-7-15(2,3)11-17/h5-6,9H,4,7-8,10-11H2,1-3H3. The summed E-state index contributed by atoms with van der Waals surface area (Å²) in [5.74, 6) is 0.331. The minimum absolute atomic E-state index is 0.0591. The van der Waals surface area contributed by atoms with E-state index in [-0.39, 0.29) is 5.41 Å². The zero-order chi connectivity index (χ0) is 15.0. The second-order valence-electron chi connectivity index (χ2n) is 6.18. The second kappa shape index (κ2) is 5.66. The van der Waals surface area contributed by atoms with Crippen LogP contribution in [0.25, 0.3) is 0 Å². The molecule has 0 saturated carbocycles. The van der Waals surface area contributed by atoms with E-state index in [2.05, 4.69) is 13.8 Å². The average Bonchev–Trinajstić information content (AvgIpc) is 2.79. The van der Waals surface area contributed by atoms with Gasteiger partial charge in [0, 0.05) is 19.0 Å². The Labute approximate surface area is 127 Å². The van der Waals surface area contributed by atoms with Crippen molar-refractivity contribution < 1.29 is 8.42 Å². The molecule has 1 aromatic rings. The van der Waals surface area contributed by atoms with Crippen molar-refractivity contribution in [1.82, 2.24) is 4.31 Å². The molecular formula is C15H22ClNO2S. The number of hydrogen-bond acceptors (Lipinski definition) is 2. The van der Waals surface area contributed by atoms with Crippen molar-refractivity contribution in [3.8, 4) is 0 Å². The van der Waals surface area contributed by atoms with Gasteiger partial charge in [-0.25, -0.2) is 8.42 Å². The van der Waals surface area contributed by atoms with E-state index in [1.165, 1.54) is 0 Å². The fourth-order valence-electron chi connectivity index (χ4n) is 2.62. The van der Waals surface area contributed by atoms with E-state index < -0.39 is 10.0 Å². The van der Waals surface area contributed by atoms with Crippen LogP contribution in [0.1, 0.15) is 38.3 Å². The summed E-state index contributed by atoms with van der Waals surface area (Å²) in [5, 5.41) is 0. The highest BCUT2D eigenvalue weighted by molar-refractivity contribution is 7.89. The molecule has 0 amide bonds. The van der Waals surface area contributed by atoms with E-state index in [4.69, 9.17) is 11.6 Å². The first kappa shape index (κ1) is 15.8. The lowest BCUT2D eigenvalue weighted by atomic mass is 9.93. The molecule has 1 aromatic carbocycles. The third-order valence-corrected chi connectivity index (χ3v) is 6.16. The van der Waals surface area contributed by atoms with E-state index in [0.29, 0.717) is 30.3 Å². The van der Waals surface area contributed by atoms with Crippen molar-refractivity contribution in [2.45, 2.75) is 44.4 Å². The molecule has 2 rings (SSSR count). The monoisotopic (exact) mass is 315 g/mol. The molecule has 0 aromatic heterocycles. The van der Waals surface area contributed by atoms with Gasteiger partial charge >= 0.3 is 0 Å². The summed E-state index contributed by atoms with van der Waals surface area (Å²) in [6.45, 7) is 7.38. The number of nitrogens with zero attached hydrogens (tertiary/aromatic N) is 1. The van der Waals surface area contributed by atoms with Crippen LogP contribution in [0, 0.1) is 5.41 Å². The SMILES string of the molecule is CCc1ccc(CCl)cc1S(=O)(=O)N1CCC(C)(C)C1. The van der Waals surface area contributed by atoms with Gasteiger partial charge in [-0.1, -0.05) is 32.9 Å². The predicted octanol–water partition coefficient (Wildman–Crippen LogP) is 3.41. The van der Waals surface area contributed by atoms with Crippen LogP contribution in [0.3, 0.4) is 0 Å². The highest BCUT2D eigenvalue weighted by Crippen LogP contribution is 2.34. The van der Waals surface area contributed by atoms with Gasteiger partial charge < -0.3 is 0 Å². The van der Waals surface area contributed by atoms with Crippen LogP contribution in [0.15, 0.2) is 23.1 Å². The minimum atomic E-state index is -3.41. The summed E-state index contributed by atoms with van der Waals surface area (Å²) in [6.07, 6.45) is 1.61. The fraction of sp³-hybridized carbons (Fsp3) is 0.600. The molecule has 1 fully saturated rings. The van der Waals surface area contributed by atoms with Gasteiger partial charge in [0.25, 0.3) is 0 Å². The van der Waals surface area contributed by atoms with Crippen molar-refractivity contribution in [2.75, 3.05) is 13.1 Å². The summed E-state index contributed by atoms with van der Waals surface area (Å²) in [6, 6.07) is 5.51. The number of sulfonamides is 1. The van der Waals surface area contributed by atoms with Gasteiger partial charge in [0.2, 0.25) is 10.0 Å². The van der Waals surface area contributed by atoms with Gasteiger partial charge in [-0.15, -0.1) is 11.6 Å². The zero-order valence-corrected chi connectivity index (χ0v) is 13.9. The van der Waals surface area contributed by atoms with Crippen molar-refractivity contribution in [2.24, 2.45) is 5.41 Å². The van der Waals surface area contributed by atoms with Crippen LogP contribution >= 0.6 is 11.6 Å². The molecule has 1 aliphatic heterocycles. The summed E-state index contributed by atoms with van der Waals surface area (Å²) in [5.41, 5.74) is 1.77. The largest absolute Gasteiger partial charge is 0.243 e. The van der Waals surface area contributed by atoms with Crippen LogP contribution in [0.4, 0.5) is 0 Å².